The zero-order chi connectivity index (χ0) is 11.5. The van der Waals surface area contributed by atoms with Crippen molar-refractivity contribution < 1.29 is 0 Å². The van der Waals surface area contributed by atoms with Crippen LogP contribution in [0.1, 0.15) is 46.5 Å². The van der Waals surface area contributed by atoms with E-state index in [4.69, 9.17) is 0 Å². The quantitative estimate of drug-likeness (QED) is 0.789. The number of rotatable bonds is 4. The molecule has 2 fully saturated rings. The fourth-order valence-corrected chi connectivity index (χ4v) is 3.29. The van der Waals surface area contributed by atoms with Crippen LogP contribution in [-0.4, -0.2) is 36.6 Å². The van der Waals surface area contributed by atoms with Gasteiger partial charge in [-0.15, -0.1) is 0 Å². The van der Waals surface area contributed by atoms with Gasteiger partial charge in [0, 0.05) is 18.6 Å². The van der Waals surface area contributed by atoms with Crippen molar-refractivity contribution in [2.75, 3.05) is 19.6 Å². The molecular weight excluding hydrogens is 196 g/mol. The standard InChI is InChI=1S/C14H28N2/c1-11(2)16(14-7-12(3)8-14)10-13-5-4-6-15-9-13/h11-15H,4-10H2,1-3H3. The zero-order valence-electron chi connectivity index (χ0n) is 11.2. The first-order chi connectivity index (χ1) is 7.66. The fraction of sp³-hybridized carbons (Fsp3) is 1.00. The third-order valence-electron chi connectivity index (χ3n) is 4.35. The van der Waals surface area contributed by atoms with Crippen molar-refractivity contribution in [3.8, 4) is 0 Å². The van der Waals surface area contributed by atoms with Crippen LogP contribution in [0.15, 0.2) is 0 Å². The van der Waals surface area contributed by atoms with Gasteiger partial charge in [-0.25, -0.2) is 0 Å². The van der Waals surface area contributed by atoms with Gasteiger partial charge in [0.05, 0.1) is 0 Å². The van der Waals surface area contributed by atoms with Crippen LogP contribution in [0.5, 0.6) is 0 Å². The summed E-state index contributed by atoms with van der Waals surface area (Å²) in [5, 5.41) is 3.54. The maximum absolute atomic E-state index is 3.54. The molecule has 1 saturated heterocycles. The second kappa shape index (κ2) is 5.50. The van der Waals surface area contributed by atoms with Crippen molar-refractivity contribution in [3.63, 3.8) is 0 Å². The Balaban J connectivity index is 1.82. The van der Waals surface area contributed by atoms with Crippen LogP contribution < -0.4 is 5.32 Å². The van der Waals surface area contributed by atoms with Crippen molar-refractivity contribution in [1.29, 1.82) is 0 Å². The average Bonchev–Trinajstić information content (AvgIpc) is 2.23. The molecule has 94 valence electrons. The third-order valence-corrected chi connectivity index (χ3v) is 4.35. The van der Waals surface area contributed by atoms with Crippen LogP contribution in [-0.2, 0) is 0 Å². The first-order valence-electron chi connectivity index (χ1n) is 7.13. The molecule has 0 amide bonds. The molecular formula is C14H28N2. The summed E-state index contributed by atoms with van der Waals surface area (Å²) in [6.45, 7) is 10.9. The highest BCUT2D eigenvalue weighted by Gasteiger charge is 2.33. The van der Waals surface area contributed by atoms with Gasteiger partial charge in [-0.2, -0.15) is 0 Å². The van der Waals surface area contributed by atoms with E-state index in [1.54, 1.807) is 0 Å². The number of nitrogens with one attached hydrogen (secondary N) is 1. The average molecular weight is 224 g/mol. The van der Waals surface area contributed by atoms with Gasteiger partial charge in [-0.3, -0.25) is 4.90 Å². The second-order valence-corrected chi connectivity index (χ2v) is 6.23. The minimum absolute atomic E-state index is 0.722. The first kappa shape index (κ1) is 12.4. The maximum Gasteiger partial charge on any atom is 0.0103 e. The number of hydrogen-bond donors (Lipinski definition) is 1. The molecule has 0 aromatic rings. The summed E-state index contributed by atoms with van der Waals surface area (Å²) in [5.41, 5.74) is 0. The molecule has 2 aliphatic rings. The molecule has 1 heterocycles. The number of hydrogen-bond acceptors (Lipinski definition) is 2. The predicted molar refractivity (Wildman–Crippen MR) is 69.6 cm³/mol. The highest BCUT2D eigenvalue weighted by atomic mass is 15.2. The fourth-order valence-electron chi connectivity index (χ4n) is 3.29. The van der Waals surface area contributed by atoms with Crippen molar-refractivity contribution in [2.45, 2.75) is 58.5 Å². The summed E-state index contributed by atoms with van der Waals surface area (Å²) in [6.07, 6.45) is 5.66. The summed E-state index contributed by atoms with van der Waals surface area (Å²) < 4.78 is 0. The van der Waals surface area contributed by atoms with E-state index in [0.29, 0.717) is 0 Å². The molecule has 0 aromatic heterocycles. The van der Waals surface area contributed by atoms with Gasteiger partial charge < -0.3 is 5.32 Å². The van der Waals surface area contributed by atoms with Crippen LogP contribution in [0.3, 0.4) is 0 Å². The molecule has 0 radical (unpaired) electrons. The van der Waals surface area contributed by atoms with Crippen LogP contribution in [0.4, 0.5) is 0 Å². The molecule has 1 atom stereocenters. The van der Waals surface area contributed by atoms with Crippen LogP contribution in [0.25, 0.3) is 0 Å². The Morgan fingerprint density at radius 3 is 2.56 bits per heavy atom. The zero-order valence-corrected chi connectivity index (χ0v) is 11.2. The van der Waals surface area contributed by atoms with E-state index in [9.17, 15) is 0 Å². The Hall–Kier alpha value is -0.0800. The molecule has 2 heteroatoms. The maximum atomic E-state index is 3.54. The van der Waals surface area contributed by atoms with Crippen molar-refractivity contribution in [1.82, 2.24) is 10.2 Å². The Kier molecular flexibility index (Phi) is 4.26. The van der Waals surface area contributed by atoms with Crippen molar-refractivity contribution in [2.24, 2.45) is 11.8 Å². The Morgan fingerprint density at radius 2 is 2.06 bits per heavy atom. The van der Waals surface area contributed by atoms with Gasteiger partial charge in [0.1, 0.15) is 0 Å². The lowest BCUT2D eigenvalue weighted by Gasteiger charge is -2.45. The normalized spacial score (nSPS) is 35.4. The Morgan fingerprint density at radius 1 is 1.31 bits per heavy atom. The summed E-state index contributed by atoms with van der Waals surface area (Å²) in [6, 6.07) is 1.61. The molecule has 0 bridgehead atoms. The van der Waals surface area contributed by atoms with E-state index in [2.05, 4.69) is 31.0 Å². The van der Waals surface area contributed by atoms with Gasteiger partial charge in [0.15, 0.2) is 0 Å². The smallest absolute Gasteiger partial charge is 0.0103 e. The molecule has 2 rings (SSSR count). The Labute approximate surface area is 101 Å². The van der Waals surface area contributed by atoms with E-state index in [-0.39, 0.29) is 0 Å². The molecule has 0 spiro atoms. The van der Waals surface area contributed by atoms with Crippen LogP contribution in [0, 0.1) is 11.8 Å². The van der Waals surface area contributed by atoms with E-state index in [1.807, 2.05) is 0 Å². The number of nitrogens with zero attached hydrogens (tertiary/aromatic N) is 1. The van der Waals surface area contributed by atoms with Gasteiger partial charge >= 0.3 is 0 Å². The second-order valence-electron chi connectivity index (χ2n) is 6.23. The van der Waals surface area contributed by atoms with Crippen molar-refractivity contribution >= 4 is 0 Å². The minimum Gasteiger partial charge on any atom is -0.316 e. The lowest BCUT2D eigenvalue weighted by molar-refractivity contribution is 0.0422. The molecule has 1 aliphatic carbocycles. The number of piperidine rings is 1. The van der Waals surface area contributed by atoms with Gasteiger partial charge in [0.25, 0.3) is 0 Å². The highest BCUT2D eigenvalue weighted by Crippen LogP contribution is 2.33. The lowest BCUT2D eigenvalue weighted by atomic mass is 9.79. The first-order valence-corrected chi connectivity index (χ1v) is 7.13. The molecule has 0 aromatic carbocycles. The van der Waals surface area contributed by atoms with E-state index < -0.39 is 0 Å². The topological polar surface area (TPSA) is 15.3 Å². The summed E-state index contributed by atoms with van der Waals surface area (Å²) in [7, 11) is 0. The van der Waals surface area contributed by atoms with Crippen molar-refractivity contribution in [3.05, 3.63) is 0 Å². The Bertz CT molecular complexity index is 203. The molecule has 2 nitrogen and oxygen atoms in total. The minimum atomic E-state index is 0.722. The third kappa shape index (κ3) is 2.98. The molecule has 16 heavy (non-hydrogen) atoms. The largest absolute Gasteiger partial charge is 0.316 e. The van der Waals surface area contributed by atoms with Gasteiger partial charge in [0.2, 0.25) is 0 Å². The summed E-state index contributed by atoms with van der Waals surface area (Å²) >= 11 is 0. The predicted octanol–water partition coefficient (Wildman–Crippen LogP) is 2.49. The van der Waals surface area contributed by atoms with E-state index in [0.717, 1.165) is 23.9 Å². The monoisotopic (exact) mass is 224 g/mol. The molecule has 1 aliphatic heterocycles. The van der Waals surface area contributed by atoms with E-state index in [1.165, 1.54) is 45.3 Å². The lowest BCUT2D eigenvalue weighted by Crippen LogP contribution is -2.50. The van der Waals surface area contributed by atoms with Gasteiger partial charge in [-0.05, 0) is 64.5 Å². The SMILES string of the molecule is CC1CC(N(CC2CCCNC2)C(C)C)C1. The van der Waals surface area contributed by atoms with Gasteiger partial charge in [-0.1, -0.05) is 6.92 Å². The van der Waals surface area contributed by atoms with Crippen LogP contribution >= 0.6 is 0 Å². The van der Waals surface area contributed by atoms with Crippen LogP contribution in [0.2, 0.25) is 0 Å². The highest BCUT2D eigenvalue weighted by molar-refractivity contribution is 4.88. The van der Waals surface area contributed by atoms with E-state index >= 15 is 0 Å². The summed E-state index contributed by atoms with van der Waals surface area (Å²) in [4.78, 5) is 2.76. The molecule has 1 N–H and O–H groups in total. The molecule has 1 saturated carbocycles. The molecule has 1 unspecified atom stereocenters. The summed E-state index contributed by atoms with van der Waals surface area (Å²) in [5.74, 6) is 1.86.